The van der Waals surface area contributed by atoms with Gasteiger partial charge in [-0.1, -0.05) is 0 Å². The van der Waals surface area contributed by atoms with E-state index < -0.39 is 25.5 Å². The molecule has 6 nitrogen and oxygen atoms in total. The second kappa shape index (κ2) is 6.90. The Kier molecular flexibility index (Phi) is 5.50. The van der Waals surface area contributed by atoms with Crippen LogP contribution in [-0.4, -0.2) is 53.8 Å². The van der Waals surface area contributed by atoms with E-state index in [2.05, 4.69) is 5.16 Å². The highest BCUT2D eigenvalue weighted by atomic mass is 19.3. The first-order valence-corrected chi connectivity index (χ1v) is 5.26. The summed E-state index contributed by atoms with van der Waals surface area (Å²) in [5, 5.41) is 12.2. The molecule has 0 saturated heterocycles. The molecule has 0 spiro atoms. The zero-order valence-electron chi connectivity index (χ0n) is 9.81. The molecule has 0 unspecified atom stereocenters. The van der Waals surface area contributed by atoms with Crippen molar-refractivity contribution >= 4 is 5.91 Å². The van der Waals surface area contributed by atoms with Gasteiger partial charge in [0, 0.05) is 12.6 Å². The number of amides is 1. The van der Waals surface area contributed by atoms with Gasteiger partial charge in [0.05, 0.1) is 13.2 Å². The van der Waals surface area contributed by atoms with Gasteiger partial charge in [-0.25, -0.2) is 8.78 Å². The Hall–Kier alpha value is -1.70. The number of carbonyl (C=O) groups is 1. The fraction of sp³-hybridized carbons (Fsp3) is 0.600. The van der Waals surface area contributed by atoms with E-state index in [0.29, 0.717) is 5.76 Å². The molecule has 1 aromatic rings. The summed E-state index contributed by atoms with van der Waals surface area (Å²) < 4.78 is 34.1. The van der Waals surface area contributed by atoms with Crippen molar-refractivity contribution in [3.63, 3.8) is 0 Å². The summed E-state index contributed by atoms with van der Waals surface area (Å²) in [6, 6.07) is 1.47. The van der Waals surface area contributed by atoms with E-state index in [1.165, 1.54) is 6.07 Å². The molecule has 0 bridgehead atoms. The number of aliphatic hydroxyl groups is 1. The molecule has 0 aliphatic rings. The van der Waals surface area contributed by atoms with Crippen LogP contribution in [0.2, 0.25) is 0 Å². The van der Waals surface area contributed by atoms with Crippen molar-refractivity contribution in [1.82, 2.24) is 10.1 Å². The third-order valence-corrected chi connectivity index (χ3v) is 2.03. The van der Waals surface area contributed by atoms with Crippen LogP contribution in [0, 0.1) is 6.92 Å². The van der Waals surface area contributed by atoms with Crippen molar-refractivity contribution in [3.8, 4) is 5.88 Å². The third-order valence-electron chi connectivity index (χ3n) is 2.03. The molecule has 0 radical (unpaired) electrons. The number of aliphatic hydroxyl groups excluding tert-OH is 1. The van der Waals surface area contributed by atoms with Crippen molar-refractivity contribution in [1.29, 1.82) is 0 Å². The minimum atomic E-state index is -2.66. The summed E-state index contributed by atoms with van der Waals surface area (Å²) in [5.74, 6) is -0.0240. The van der Waals surface area contributed by atoms with Gasteiger partial charge in [0.25, 0.3) is 18.2 Å². The molecule has 1 N–H and O–H groups in total. The van der Waals surface area contributed by atoms with Crippen LogP contribution in [0.4, 0.5) is 8.78 Å². The highest BCUT2D eigenvalue weighted by Gasteiger charge is 2.18. The van der Waals surface area contributed by atoms with Crippen LogP contribution in [0.25, 0.3) is 0 Å². The minimum absolute atomic E-state index is 0.113. The number of aryl methyl sites for hydroxylation is 1. The summed E-state index contributed by atoms with van der Waals surface area (Å²) in [7, 11) is 0. The number of hydrogen-bond acceptors (Lipinski definition) is 5. The second-order valence-electron chi connectivity index (χ2n) is 3.52. The highest BCUT2D eigenvalue weighted by Crippen LogP contribution is 2.10. The molecule has 0 aromatic carbocycles. The van der Waals surface area contributed by atoms with Crippen LogP contribution < -0.4 is 4.74 Å². The Morgan fingerprint density at radius 3 is 2.89 bits per heavy atom. The lowest BCUT2D eigenvalue weighted by molar-refractivity contribution is -0.136. The van der Waals surface area contributed by atoms with Gasteiger partial charge >= 0.3 is 0 Å². The monoisotopic (exact) mass is 264 g/mol. The topological polar surface area (TPSA) is 75.8 Å². The molecule has 0 aliphatic heterocycles. The van der Waals surface area contributed by atoms with E-state index in [1.54, 1.807) is 6.92 Å². The maximum absolute atomic E-state index is 12.2. The smallest absolute Gasteiger partial charge is 0.260 e. The zero-order chi connectivity index (χ0) is 13.5. The number of alkyl halides is 2. The number of nitrogens with zero attached hydrogens (tertiary/aromatic N) is 2. The lowest BCUT2D eigenvalue weighted by Gasteiger charge is -2.20. The molecule has 1 amide bonds. The third kappa shape index (κ3) is 4.66. The molecular weight excluding hydrogens is 250 g/mol. The summed E-state index contributed by atoms with van der Waals surface area (Å²) in [6.45, 7) is -0.0677. The van der Waals surface area contributed by atoms with E-state index in [0.717, 1.165) is 4.90 Å². The highest BCUT2D eigenvalue weighted by molar-refractivity contribution is 5.77. The lowest BCUT2D eigenvalue weighted by atomic mass is 10.4. The molecule has 1 aromatic heterocycles. The lowest BCUT2D eigenvalue weighted by Crippen LogP contribution is -2.40. The SMILES string of the molecule is Cc1cc(OCC(=O)N(CCO)CC(F)F)no1. The number of aromatic nitrogens is 1. The van der Waals surface area contributed by atoms with Crippen LogP contribution in [0.5, 0.6) is 5.88 Å². The van der Waals surface area contributed by atoms with E-state index in [1.807, 2.05) is 0 Å². The average Bonchev–Trinajstić information content (AvgIpc) is 2.71. The number of halogens is 2. The number of hydrogen-bond donors (Lipinski definition) is 1. The van der Waals surface area contributed by atoms with Gasteiger partial charge in [-0.05, 0) is 12.1 Å². The van der Waals surface area contributed by atoms with Gasteiger partial charge in [0.15, 0.2) is 6.61 Å². The molecule has 18 heavy (non-hydrogen) atoms. The molecule has 0 atom stereocenters. The van der Waals surface area contributed by atoms with Gasteiger partial charge in [-0.2, -0.15) is 0 Å². The van der Waals surface area contributed by atoms with E-state index in [9.17, 15) is 13.6 Å². The van der Waals surface area contributed by atoms with E-state index in [4.69, 9.17) is 14.4 Å². The van der Waals surface area contributed by atoms with Crippen LogP contribution in [0.3, 0.4) is 0 Å². The van der Waals surface area contributed by atoms with Crippen LogP contribution in [-0.2, 0) is 4.79 Å². The molecule has 0 aliphatic carbocycles. The second-order valence-corrected chi connectivity index (χ2v) is 3.52. The van der Waals surface area contributed by atoms with Gasteiger partial charge < -0.3 is 19.3 Å². The Morgan fingerprint density at radius 1 is 1.67 bits per heavy atom. The van der Waals surface area contributed by atoms with Gasteiger partial charge in [0.1, 0.15) is 5.76 Å². The standard InChI is InChI=1S/C10H14F2N2O4/c1-7-4-9(13-18-7)17-6-10(16)14(2-3-15)5-8(11)12/h4,8,15H,2-3,5-6H2,1H3. The molecule has 102 valence electrons. The minimum Gasteiger partial charge on any atom is -0.465 e. The maximum Gasteiger partial charge on any atom is 0.260 e. The fourth-order valence-corrected chi connectivity index (χ4v) is 1.24. The summed E-state index contributed by atoms with van der Waals surface area (Å²) >= 11 is 0. The predicted molar refractivity (Wildman–Crippen MR) is 56.4 cm³/mol. The Morgan fingerprint density at radius 2 is 2.39 bits per heavy atom. The maximum atomic E-state index is 12.2. The van der Waals surface area contributed by atoms with E-state index >= 15 is 0 Å². The first-order valence-electron chi connectivity index (χ1n) is 5.26. The van der Waals surface area contributed by atoms with Crippen molar-refractivity contribution in [3.05, 3.63) is 11.8 Å². The van der Waals surface area contributed by atoms with Gasteiger partial charge in [-0.3, -0.25) is 4.79 Å². The normalized spacial score (nSPS) is 10.7. The first kappa shape index (κ1) is 14.4. The fourth-order valence-electron chi connectivity index (χ4n) is 1.24. The number of rotatable bonds is 7. The van der Waals surface area contributed by atoms with Crippen LogP contribution in [0.15, 0.2) is 10.6 Å². The Balaban J connectivity index is 2.45. The predicted octanol–water partition coefficient (Wildman–Crippen LogP) is 0.448. The van der Waals surface area contributed by atoms with Crippen molar-refractivity contribution in [2.24, 2.45) is 0 Å². The first-order chi connectivity index (χ1) is 8.52. The zero-order valence-corrected chi connectivity index (χ0v) is 9.81. The molecule has 0 saturated carbocycles. The molecule has 1 rings (SSSR count). The Labute approximate surface area is 102 Å². The number of carbonyl (C=O) groups excluding carboxylic acids is 1. The van der Waals surface area contributed by atoms with Crippen LogP contribution in [0.1, 0.15) is 5.76 Å². The Bertz CT molecular complexity index is 384. The molecule has 1 heterocycles. The largest absolute Gasteiger partial charge is 0.465 e. The van der Waals surface area contributed by atoms with Crippen molar-refractivity contribution in [2.45, 2.75) is 13.3 Å². The van der Waals surface area contributed by atoms with E-state index in [-0.39, 0.29) is 19.0 Å². The number of ether oxygens (including phenoxy) is 1. The molecule has 0 fully saturated rings. The summed E-state index contributed by atoms with van der Waals surface area (Å²) in [6.07, 6.45) is -2.66. The van der Waals surface area contributed by atoms with Crippen LogP contribution >= 0.6 is 0 Å². The molecular formula is C10H14F2N2O4. The van der Waals surface area contributed by atoms with Crippen molar-refractivity contribution in [2.75, 3.05) is 26.3 Å². The van der Waals surface area contributed by atoms with Crippen molar-refractivity contribution < 1.29 is 27.9 Å². The molecule has 8 heteroatoms. The van der Waals surface area contributed by atoms with Gasteiger partial charge in [-0.15, -0.1) is 0 Å². The summed E-state index contributed by atoms with van der Waals surface area (Å²) in [4.78, 5) is 12.4. The average molecular weight is 264 g/mol. The summed E-state index contributed by atoms with van der Waals surface area (Å²) in [5.41, 5.74) is 0. The van der Waals surface area contributed by atoms with Gasteiger partial charge in [0.2, 0.25) is 0 Å². The quantitative estimate of drug-likeness (QED) is 0.773.